The zero-order valence-electron chi connectivity index (χ0n) is 13.3. The van der Waals surface area contributed by atoms with Crippen LogP contribution in [0.1, 0.15) is 32.2 Å². The molecule has 2 aliphatic heterocycles. The first-order chi connectivity index (χ1) is 11.6. The third-order valence-electron chi connectivity index (χ3n) is 4.40. The highest BCUT2D eigenvalue weighted by atomic mass is 16.5. The summed E-state index contributed by atoms with van der Waals surface area (Å²) in [7, 11) is 1.79. The summed E-state index contributed by atoms with van der Waals surface area (Å²) in [6.07, 6.45) is 2.55. The van der Waals surface area contributed by atoms with Gasteiger partial charge in [-0.3, -0.25) is 14.3 Å². The SMILES string of the molecule is Cn1nc(C(=O)N2CCOCC2)c2c1CN(C(=O)c1cocn1)C2. The summed E-state index contributed by atoms with van der Waals surface area (Å²) < 4.78 is 11.8. The number of aromatic nitrogens is 3. The maximum Gasteiger partial charge on any atom is 0.276 e. The van der Waals surface area contributed by atoms with Crippen molar-refractivity contribution in [1.29, 1.82) is 0 Å². The van der Waals surface area contributed by atoms with Gasteiger partial charge in [-0.15, -0.1) is 0 Å². The Morgan fingerprint density at radius 3 is 2.62 bits per heavy atom. The molecule has 126 valence electrons. The van der Waals surface area contributed by atoms with Gasteiger partial charge in [-0.25, -0.2) is 4.98 Å². The van der Waals surface area contributed by atoms with Crippen LogP contribution < -0.4 is 0 Å². The first-order valence-corrected chi connectivity index (χ1v) is 7.74. The van der Waals surface area contributed by atoms with Crippen LogP contribution in [0.2, 0.25) is 0 Å². The van der Waals surface area contributed by atoms with Gasteiger partial charge in [0.05, 0.1) is 32.0 Å². The van der Waals surface area contributed by atoms with E-state index in [0.29, 0.717) is 45.1 Å². The lowest BCUT2D eigenvalue weighted by atomic mass is 10.2. The Labute approximate surface area is 137 Å². The first-order valence-electron chi connectivity index (χ1n) is 7.74. The Kier molecular flexibility index (Phi) is 3.57. The van der Waals surface area contributed by atoms with E-state index in [0.717, 1.165) is 11.3 Å². The number of nitrogens with zero attached hydrogens (tertiary/aromatic N) is 5. The Bertz CT molecular complexity index is 776. The number of hydrogen-bond acceptors (Lipinski definition) is 6. The van der Waals surface area contributed by atoms with E-state index in [9.17, 15) is 9.59 Å². The number of hydrogen-bond donors (Lipinski definition) is 0. The molecule has 0 radical (unpaired) electrons. The van der Waals surface area contributed by atoms with Crippen molar-refractivity contribution in [1.82, 2.24) is 24.6 Å². The van der Waals surface area contributed by atoms with E-state index in [1.54, 1.807) is 21.5 Å². The van der Waals surface area contributed by atoms with Crippen molar-refractivity contribution in [2.45, 2.75) is 13.1 Å². The monoisotopic (exact) mass is 331 g/mol. The maximum atomic E-state index is 12.7. The minimum absolute atomic E-state index is 0.106. The van der Waals surface area contributed by atoms with E-state index in [-0.39, 0.29) is 17.5 Å². The Balaban J connectivity index is 1.58. The van der Waals surface area contributed by atoms with Crippen molar-refractivity contribution in [3.8, 4) is 0 Å². The molecule has 0 saturated carbocycles. The fraction of sp³-hybridized carbons (Fsp3) is 0.467. The second-order valence-corrected chi connectivity index (χ2v) is 5.84. The van der Waals surface area contributed by atoms with Gasteiger partial charge in [0.15, 0.2) is 17.8 Å². The van der Waals surface area contributed by atoms with Gasteiger partial charge in [0.1, 0.15) is 6.26 Å². The second kappa shape index (κ2) is 5.75. The minimum Gasteiger partial charge on any atom is -0.451 e. The molecule has 0 N–H and O–H groups in total. The molecule has 1 saturated heterocycles. The third kappa shape index (κ3) is 2.37. The molecule has 2 aliphatic rings. The molecule has 4 rings (SSSR count). The molecule has 2 aromatic heterocycles. The predicted molar refractivity (Wildman–Crippen MR) is 80.0 cm³/mol. The zero-order chi connectivity index (χ0) is 16.7. The Morgan fingerprint density at radius 1 is 1.12 bits per heavy atom. The Hall–Kier alpha value is -2.68. The van der Waals surface area contributed by atoms with Crippen LogP contribution in [0.5, 0.6) is 0 Å². The number of oxazole rings is 1. The van der Waals surface area contributed by atoms with E-state index in [2.05, 4.69) is 10.1 Å². The Morgan fingerprint density at radius 2 is 1.92 bits per heavy atom. The summed E-state index contributed by atoms with van der Waals surface area (Å²) in [6.45, 7) is 2.95. The van der Waals surface area contributed by atoms with Crippen LogP contribution in [0.25, 0.3) is 0 Å². The summed E-state index contributed by atoms with van der Waals surface area (Å²) in [5.74, 6) is -0.324. The number of amides is 2. The zero-order valence-corrected chi connectivity index (χ0v) is 13.3. The van der Waals surface area contributed by atoms with Gasteiger partial charge in [-0.2, -0.15) is 5.10 Å². The lowest BCUT2D eigenvalue weighted by Crippen LogP contribution is -2.41. The molecule has 0 spiro atoms. The molecule has 4 heterocycles. The quantitative estimate of drug-likeness (QED) is 0.771. The average Bonchev–Trinajstić information content (AvgIpc) is 3.33. The van der Waals surface area contributed by atoms with Crippen molar-refractivity contribution in [3.05, 3.63) is 35.3 Å². The lowest BCUT2D eigenvalue weighted by Gasteiger charge is -2.26. The molecule has 0 atom stereocenters. The van der Waals surface area contributed by atoms with Crippen molar-refractivity contribution >= 4 is 11.8 Å². The van der Waals surface area contributed by atoms with Gasteiger partial charge in [-0.1, -0.05) is 0 Å². The maximum absolute atomic E-state index is 12.7. The lowest BCUT2D eigenvalue weighted by molar-refractivity contribution is 0.0297. The molecule has 9 heteroatoms. The number of aryl methyl sites for hydroxylation is 1. The number of rotatable bonds is 2. The van der Waals surface area contributed by atoms with Crippen molar-refractivity contribution in [3.63, 3.8) is 0 Å². The summed E-state index contributed by atoms with van der Waals surface area (Å²) in [4.78, 5) is 32.4. The van der Waals surface area contributed by atoms with Gasteiger partial charge in [0.2, 0.25) is 0 Å². The molecule has 1 fully saturated rings. The van der Waals surface area contributed by atoms with Crippen LogP contribution in [0, 0.1) is 0 Å². The summed E-state index contributed by atoms with van der Waals surface area (Å²) in [6, 6.07) is 0. The molecule has 0 aromatic carbocycles. The van der Waals surface area contributed by atoms with Gasteiger partial charge in [0, 0.05) is 25.7 Å². The van der Waals surface area contributed by atoms with Gasteiger partial charge < -0.3 is 19.0 Å². The molecule has 0 unspecified atom stereocenters. The summed E-state index contributed by atoms with van der Waals surface area (Å²) >= 11 is 0. The first kappa shape index (κ1) is 14.9. The highest BCUT2D eigenvalue weighted by Gasteiger charge is 2.34. The normalized spacial score (nSPS) is 17.2. The van der Waals surface area contributed by atoms with Gasteiger partial charge in [-0.05, 0) is 0 Å². The molecule has 9 nitrogen and oxygen atoms in total. The minimum atomic E-state index is -0.218. The van der Waals surface area contributed by atoms with E-state index in [1.807, 2.05) is 0 Å². The third-order valence-corrected chi connectivity index (χ3v) is 4.40. The molecular formula is C15H17N5O4. The number of fused-ring (bicyclic) bond motifs is 1. The van der Waals surface area contributed by atoms with E-state index in [1.165, 1.54) is 12.7 Å². The predicted octanol–water partition coefficient (Wildman–Crippen LogP) is 0.0365. The van der Waals surface area contributed by atoms with Crippen LogP contribution in [0.15, 0.2) is 17.1 Å². The van der Waals surface area contributed by atoms with Crippen LogP contribution in [0.4, 0.5) is 0 Å². The summed E-state index contributed by atoms with van der Waals surface area (Å²) in [5.41, 5.74) is 2.37. The molecule has 2 amide bonds. The van der Waals surface area contributed by atoms with Crippen LogP contribution in [-0.4, -0.2) is 62.7 Å². The fourth-order valence-corrected chi connectivity index (χ4v) is 3.11. The van der Waals surface area contributed by atoms with E-state index < -0.39 is 0 Å². The smallest absolute Gasteiger partial charge is 0.276 e. The van der Waals surface area contributed by atoms with Crippen molar-refractivity contribution in [2.24, 2.45) is 7.05 Å². The van der Waals surface area contributed by atoms with Gasteiger partial charge >= 0.3 is 0 Å². The number of carbonyl (C=O) groups excluding carboxylic acids is 2. The van der Waals surface area contributed by atoms with Crippen LogP contribution in [0.3, 0.4) is 0 Å². The number of morpholine rings is 1. The largest absolute Gasteiger partial charge is 0.451 e. The number of ether oxygens (including phenoxy) is 1. The highest BCUT2D eigenvalue weighted by molar-refractivity contribution is 5.96. The second-order valence-electron chi connectivity index (χ2n) is 5.84. The van der Waals surface area contributed by atoms with Crippen molar-refractivity contribution < 1.29 is 18.7 Å². The molecule has 2 aromatic rings. The molecule has 0 aliphatic carbocycles. The van der Waals surface area contributed by atoms with Crippen LogP contribution in [-0.2, 0) is 24.9 Å². The van der Waals surface area contributed by atoms with Gasteiger partial charge in [0.25, 0.3) is 11.8 Å². The standard InChI is InChI=1S/C15H17N5O4/c1-18-12-7-20(14(21)11-8-24-9-16-11)6-10(12)13(17-18)15(22)19-2-4-23-5-3-19/h8-9H,2-7H2,1H3. The topological polar surface area (TPSA) is 93.7 Å². The van der Waals surface area contributed by atoms with E-state index in [4.69, 9.17) is 9.15 Å². The number of carbonyl (C=O) groups is 2. The van der Waals surface area contributed by atoms with Crippen LogP contribution >= 0.6 is 0 Å². The average molecular weight is 331 g/mol. The fourth-order valence-electron chi connectivity index (χ4n) is 3.11. The molecule has 24 heavy (non-hydrogen) atoms. The highest BCUT2D eigenvalue weighted by Crippen LogP contribution is 2.27. The van der Waals surface area contributed by atoms with Crippen molar-refractivity contribution in [2.75, 3.05) is 26.3 Å². The molecule has 0 bridgehead atoms. The summed E-state index contributed by atoms with van der Waals surface area (Å²) in [5, 5.41) is 4.38. The molecular weight excluding hydrogens is 314 g/mol. The van der Waals surface area contributed by atoms with E-state index >= 15 is 0 Å².